The number of nitrogens with zero attached hydrogens (tertiary/aromatic N) is 4. The van der Waals surface area contributed by atoms with Crippen LogP contribution < -0.4 is 0 Å². The van der Waals surface area contributed by atoms with Gasteiger partial charge in [-0.2, -0.15) is 0 Å². The van der Waals surface area contributed by atoms with Crippen LogP contribution >= 0.6 is 11.8 Å². The molecule has 0 N–H and O–H groups in total. The molecule has 0 amide bonds. The van der Waals surface area contributed by atoms with Gasteiger partial charge >= 0.3 is 54.7 Å². The predicted molar refractivity (Wildman–Crippen MR) is 281 cm³/mol. The van der Waals surface area contributed by atoms with Gasteiger partial charge in [-0.1, -0.05) is 0 Å². The smallest absolute Gasteiger partial charge is 0.397 e. The summed E-state index contributed by atoms with van der Waals surface area (Å²) in [5.74, 6) is 0. The monoisotopic (exact) mass is 1080 g/mol. The lowest BCUT2D eigenvalue weighted by Gasteiger charge is -2.54. The first-order valence-electron chi connectivity index (χ1n) is 23.5. The molecular formula is C42H98N4O14SSi6. The van der Waals surface area contributed by atoms with Crippen LogP contribution in [0.25, 0.3) is 0 Å². The van der Waals surface area contributed by atoms with Crippen molar-refractivity contribution in [2.75, 3.05) is 154 Å². The number of hydrogen-bond acceptors (Lipinski definition) is 19. The van der Waals surface area contributed by atoms with Gasteiger partial charge in [-0.15, -0.1) is 11.8 Å². The zero-order chi connectivity index (χ0) is 51.1. The van der Waals surface area contributed by atoms with Gasteiger partial charge in [0.05, 0.1) is 12.3 Å². The second-order valence-electron chi connectivity index (χ2n) is 17.2. The molecule has 0 aliphatic heterocycles. The van der Waals surface area contributed by atoms with E-state index in [1.807, 2.05) is 0 Å². The molecule has 4 radical (unpaired) electrons. The Morgan fingerprint density at radius 2 is 0.582 bits per heavy atom. The molecule has 0 aliphatic carbocycles. The molecule has 0 aromatic rings. The van der Waals surface area contributed by atoms with Gasteiger partial charge in [-0.3, -0.25) is 19.6 Å². The third-order valence-corrected chi connectivity index (χ3v) is 26.9. The minimum atomic E-state index is -2.90. The van der Waals surface area contributed by atoms with Crippen molar-refractivity contribution < 1.29 is 62.0 Å². The van der Waals surface area contributed by atoms with Gasteiger partial charge in [0.1, 0.15) is 0 Å². The molecule has 400 valence electrons. The maximum Gasteiger partial charge on any atom is 0.500 e. The number of thioether (sulfide) groups is 1. The summed E-state index contributed by atoms with van der Waals surface area (Å²) < 4.78 is 81.2. The van der Waals surface area contributed by atoms with Gasteiger partial charge < -0.3 is 62.0 Å². The Morgan fingerprint density at radius 3 is 0.761 bits per heavy atom. The van der Waals surface area contributed by atoms with E-state index < -0.39 is 54.7 Å². The SMILES string of the molecule is CO[Si](CCCN(C)C(N(C)CCC[Si](OC)OC)C(C)(CCC[Si](OC)(OC)OC)SC(C)(CCC[Si](OC)(OC)OC)C(N(C)CCC[Si](OC)OC)N(C)CCC[Si](OC)OC)OC. The molecular weight excluding hydrogens is 985 g/mol. The predicted octanol–water partition coefficient (Wildman–Crippen LogP) is 5.62. The molecule has 0 fully saturated rings. The summed E-state index contributed by atoms with van der Waals surface area (Å²) in [6, 6.07) is 4.88. The number of hydrogen-bond donors (Lipinski definition) is 0. The minimum absolute atomic E-state index is 0.00540. The lowest BCUT2D eigenvalue weighted by molar-refractivity contribution is 0.0383. The van der Waals surface area contributed by atoms with Crippen LogP contribution in [0, 0.1) is 0 Å². The van der Waals surface area contributed by atoms with Crippen LogP contribution in [-0.4, -0.2) is 250 Å². The van der Waals surface area contributed by atoms with Gasteiger partial charge in [-0.05, 0) is 144 Å². The standard InChI is InChI=1S/C42H98N4O14SSi6/c1-41(27-21-37-66(55-15,56-16)57-17,39(43(3)29-23-33-62(47-7)48-8)44(4)30-24-34-63(49-9)50-10)61-42(2,28-22-38-67(58-18,59-19)60-20)40(45(5)31-25-35-64(51-11)52-12)46(6)32-26-36-65(53-13)54-14/h39-40H,21-38H2,1-20H3. The highest BCUT2D eigenvalue weighted by atomic mass is 32.2. The first-order chi connectivity index (χ1) is 31.9. The highest BCUT2D eigenvalue weighted by Crippen LogP contribution is 2.50. The molecule has 0 heterocycles. The van der Waals surface area contributed by atoms with E-state index in [2.05, 4.69) is 73.4 Å². The highest BCUT2D eigenvalue weighted by Gasteiger charge is 2.51. The highest BCUT2D eigenvalue weighted by molar-refractivity contribution is 8.02. The summed E-state index contributed by atoms with van der Waals surface area (Å²) in [6.07, 6.45) is 7.16. The lowest BCUT2D eigenvalue weighted by Crippen LogP contribution is -2.62. The van der Waals surface area contributed by atoms with Crippen molar-refractivity contribution in [2.45, 2.75) is 123 Å². The van der Waals surface area contributed by atoms with Crippen LogP contribution in [0.15, 0.2) is 0 Å². The van der Waals surface area contributed by atoms with E-state index >= 15 is 0 Å². The van der Waals surface area contributed by atoms with E-state index in [4.69, 9.17) is 62.0 Å². The molecule has 0 spiro atoms. The maximum atomic E-state index is 6.01. The Hall–Kier alpha value is 0.931. The third kappa shape index (κ3) is 23.8. The molecule has 67 heavy (non-hydrogen) atoms. The summed E-state index contributed by atoms with van der Waals surface area (Å²) in [6.45, 7) is 8.41. The van der Waals surface area contributed by atoms with Crippen LogP contribution in [0.5, 0.6) is 0 Å². The summed E-state index contributed by atoms with van der Waals surface area (Å²) in [5, 5.41) is 0. The molecule has 0 saturated heterocycles. The van der Waals surface area contributed by atoms with Crippen molar-refractivity contribution in [3.63, 3.8) is 0 Å². The molecule has 0 aromatic heterocycles. The van der Waals surface area contributed by atoms with E-state index in [-0.39, 0.29) is 21.8 Å². The van der Waals surface area contributed by atoms with E-state index in [1.54, 1.807) is 99.5 Å². The Bertz CT molecular complexity index is 1050. The lowest BCUT2D eigenvalue weighted by atomic mass is 9.97. The Morgan fingerprint density at radius 1 is 0.373 bits per heavy atom. The van der Waals surface area contributed by atoms with Crippen molar-refractivity contribution >= 4 is 66.5 Å². The van der Waals surface area contributed by atoms with Crippen molar-refractivity contribution in [2.24, 2.45) is 0 Å². The molecule has 0 aliphatic rings. The Kier molecular flexibility index (Phi) is 38.2. The zero-order valence-electron chi connectivity index (χ0n) is 45.8. The quantitative estimate of drug-likeness (QED) is 0.0550. The number of rotatable bonds is 46. The van der Waals surface area contributed by atoms with Crippen molar-refractivity contribution in [3.05, 3.63) is 0 Å². The van der Waals surface area contributed by atoms with Crippen LogP contribution in [0.2, 0.25) is 36.3 Å². The summed E-state index contributed by atoms with van der Waals surface area (Å²) >= 11 is 2.11. The second kappa shape index (κ2) is 37.6. The van der Waals surface area contributed by atoms with Crippen LogP contribution in [0.3, 0.4) is 0 Å². The fraction of sp³-hybridized carbons (Fsp3) is 1.00. The largest absolute Gasteiger partial charge is 0.500 e. The van der Waals surface area contributed by atoms with Gasteiger partial charge in [0, 0.05) is 121 Å². The molecule has 2 atom stereocenters. The van der Waals surface area contributed by atoms with Gasteiger partial charge in [-0.25, -0.2) is 0 Å². The Labute approximate surface area is 423 Å². The molecule has 25 heteroatoms. The average molecular weight is 1080 g/mol. The van der Waals surface area contributed by atoms with Crippen molar-refractivity contribution in [1.29, 1.82) is 0 Å². The second-order valence-corrected chi connectivity index (χ2v) is 33.7. The van der Waals surface area contributed by atoms with E-state index in [0.29, 0.717) is 12.1 Å². The fourth-order valence-electron chi connectivity index (χ4n) is 9.49. The van der Waals surface area contributed by atoms with E-state index in [9.17, 15) is 0 Å². The topological polar surface area (TPSA) is 142 Å². The average Bonchev–Trinajstić information content (AvgIpc) is 3.32. The minimum Gasteiger partial charge on any atom is -0.397 e. The van der Waals surface area contributed by atoms with Crippen molar-refractivity contribution in [1.82, 2.24) is 19.6 Å². The van der Waals surface area contributed by atoms with E-state index in [1.165, 1.54) is 0 Å². The zero-order valence-corrected chi connectivity index (χ0v) is 52.6. The van der Waals surface area contributed by atoms with Crippen molar-refractivity contribution in [3.8, 4) is 0 Å². The first kappa shape index (κ1) is 67.9. The molecule has 0 rings (SSSR count). The summed E-state index contributed by atoms with van der Waals surface area (Å²) in [7, 11) is 22.1. The summed E-state index contributed by atoms with van der Waals surface area (Å²) in [4.78, 5) is 10.2. The fourth-order valence-corrected chi connectivity index (χ4v) is 19.5. The van der Waals surface area contributed by atoms with E-state index in [0.717, 1.165) is 102 Å². The molecule has 2 unspecified atom stereocenters. The van der Waals surface area contributed by atoms with Crippen LogP contribution in [0.4, 0.5) is 0 Å². The molecule has 18 nitrogen and oxygen atoms in total. The van der Waals surface area contributed by atoms with Crippen LogP contribution in [0.1, 0.15) is 65.2 Å². The first-order valence-corrected chi connectivity index (χ1v) is 34.2. The van der Waals surface area contributed by atoms with Gasteiger partial charge in [0.2, 0.25) is 0 Å². The maximum absolute atomic E-state index is 6.01. The molecule has 0 aromatic carbocycles. The molecule has 0 saturated carbocycles. The molecule has 0 bridgehead atoms. The van der Waals surface area contributed by atoms with Gasteiger partial charge in [0.15, 0.2) is 0 Å². The summed E-state index contributed by atoms with van der Waals surface area (Å²) in [5.41, 5.74) is 0. The Balaban J connectivity index is 8.06. The van der Waals surface area contributed by atoms with Crippen LogP contribution in [-0.2, 0) is 62.0 Å². The third-order valence-electron chi connectivity index (χ3n) is 12.8. The van der Waals surface area contributed by atoms with Gasteiger partial charge in [0.25, 0.3) is 0 Å². The normalized spacial score (nSPS) is 15.1.